The molecule has 2 atom stereocenters. The monoisotopic (exact) mass is 264 g/mol. The molecule has 1 N–H and O–H groups in total. The van der Waals surface area contributed by atoms with Gasteiger partial charge in [-0.3, -0.25) is 4.79 Å². The summed E-state index contributed by atoms with van der Waals surface area (Å²) >= 11 is 0. The first-order valence-corrected chi connectivity index (χ1v) is 6.69. The average molecular weight is 264 g/mol. The van der Waals surface area contributed by atoms with E-state index in [0.717, 1.165) is 5.56 Å². The zero-order chi connectivity index (χ0) is 14.7. The van der Waals surface area contributed by atoms with Crippen molar-refractivity contribution in [1.82, 2.24) is 0 Å². The van der Waals surface area contributed by atoms with E-state index in [4.69, 9.17) is 4.74 Å². The fourth-order valence-electron chi connectivity index (χ4n) is 2.46. The molecule has 0 fully saturated rings. The largest absolute Gasteiger partial charge is 0.466 e. The predicted molar refractivity (Wildman–Crippen MR) is 75.6 cm³/mol. The minimum absolute atomic E-state index is 0.318. The van der Waals surface area contributed by atoms with E-state index in [9.17, 15) is 9.90 Å². The summed E-state index contributed by atoms with van der Waals surface area (Å²) in [4.78, 5) is 12.0. The number of ether oxygens (including phenoxy) is 1. The minimum atomic E-state index is -1.26. The quantitative estimate of drug-likeness (QED) is 0.850. The zero-order valence-electron chi connectivity index (χ0n) is 12.4. The molecular formula is C16H24O3. The number of aliphatic hydroxyl groups is 1. The van der Waals surface area contributed by atoms with Crippen LogP contribution >= 0.6 is 0 Å². The molecule has 0 aliphatic rings. The second-order valence-corrected chi connectivity index (χ2v) is 5.86. The molecule has 0 saturated heterocycles. The Labute approximate surface area is 115 Å². The van der Waals surface area contributed by atoms with Gasteiger partial charge in [-0.2, -0.15) is 0 Å². The lowest BCUT2D eigenvalue weighted by molar-refractivity contribution is -0.170. The molecule has 3 nitrogen and oxygen atoms in total. The van der Waals surface area contributed by atoms with E-state index in [1.54, 1.807) is 13.8 Å². The summed E-state index contributed by atoms with van der Waals surface area (Å²) < 4.78 is 5.07. The third kappa shape index (κ3) is 2.98. The summed E-state index contributed by atoms with van der Waals surface area (Å²) in [5, 5.41) is 11.2. The van der Waals surface area contributed by atoms with Crippen LogP contribution in [0.2, 0.25) is 0 Å². The van der Waals surface area contributed by atoms with Crippen LogP contribution in [0.3, 0.4) is 0 Å². The van der Waals surface area contributed by atoms with Crippen LogP contribution in [-0.2, 0) is 15.1 Å². The smallest absolute Gasteiger partial charge is 0.311 e. The summed E-state index contributed by atoms with van der Waals surface area (Å²) in [6.45, 7) is 9.58. The Morgan fingerprint density at radius 3 is 2.21 bits per heavy atom. The van der Waals surface area contributed by atoms with Gasteiger partial charge in [-0.05, 0) is 24.8 Å². The first kappa shape index (κ1) is 15.7. The molecule has 0 bridgehead atoms. The number of carbonyl (C=O) groups excluding carboxylic acids is 1. The van der Waals surface area contributed by atoms with Crippen molar-refractivity contribution in [2.24, 2.45) is 11.3 Å². The van der Waals surface area contributed by atoms with Crippen molar-refractivity contribution in [1.29, 1.82) is 0 Å². The van der Waals surface area contributed by atoms with E-state index in [0.29, 0.717) is 6.61 Å². The van der Waals surface area contributed by atoms with Gasteiger partial charge in [-0.15, -0.1) is 0 Å². The SMILES string of the molecule is CCOC(=O)[C@@H](C)[C@](O)(c1ccccc1)C(C)(C)C. The molecule has 0 spiro atoms. The topological polar surface area (TPSA) is 46.5 Å². The second-order valence-electron chi connectivity index (χ2n) is 5.86. The van der Waals surface area contributed by atoms with E-state index in [1.165, 1.54) is 0 Å². The van der Waals surface area contributed by atoms with Gasteiger partial charge in [0.15, 0.2) is 0 Å². The van der Waals surface area contributed by atoms with E-state index >= 15 is 0 Å². The first-order valence-electron chi connectivity index (χ1n) is 6.69. The van der Waals surface area contributed by atoms with Crippen LogP contribution in [0.25, 0.3) is 0 Å². The highest BCUT2D eigenvalue weighted by molar-refractivity contribution is 5.74. The van der Waals surface area contributed by atoms with Crippen LogP contribution in [-0.4, -0.2) is 17.7 Å². The highest BCUT2D eigenvalue weighted by Crippen LogP contribution is 2.45. The van der Waals surface area contributed by atoms with Gasteiger partial charge in [0.2, 0.25) is 0 Å². The Morgan fingerprint density at radius 1 is 1.26 bits per heavy atom. The van der Waals surface area contributed by atoms with Crippen molar-refractivity contribution in [3.05, 3.63) is 35.9 Å². The summed E-state index contributed by atoms with van der Waals surface area (Å²) in [6.07, 6.45) is 0. The molecular weight excluding hydrogens is 240 g/mol. The van der Waals surface area contributed by atoms with E-state index in [-0.39, 0.29) is 5.97 Å². The van der Waals surface area contributed by atoms with Gasteiger partial charge in [-0.1, -0.05) is 51.1 Å². The molecule has 0 aliphatic heterocycles. The highest BCUT2D eigenvalue weighted by atomic mass is 16.5. The standard InChI is InChI=1S/C16H24O3/c1-6-19-14(17)12(2)16(18,15(3,4)5)13-10-8-7-9-11-13/h7-12,18H,6H2,1-5H3/t12-,16+/m1/s1. The van der Waals surface area contributed by atoms with E-state index < -0.39 is 16.9 Å². The average Bonchev–Trinajstić information content (AvgIpc) is 2.37. The minimum Gasteiger partial charge on any atom is -0.466 e. The predicted octanol–water partition coefficient (Wildman–Crippen LogP) is 3.12. The first-order chi connectivity index (χ1) is 8.75. The number of hydrogen-bond acceptors (Lipinski definition) is 3. The van der Waals surface area contributed by atoms with Crippen LogP contribution in [0.5, 0.6) is 0 Å². The lowest BCUT2D eigenvalue weighted by Gasteiger charge is -2.44. The van der Waals surface area contributed by atoms with Crippen molar-refractivity contribution in [3.63, 3.8) is 0 Å². The summed E-state index contributed by atoms with van der Waals surface area (Å²) in [6, 6.07) is 9.32. The number of benzene rings is 1. The number of esters is 1. The van der Waals surface area contributed by atoms with Crippen LogP contribution in [0.1, 0.15) is 40.2 Å². The van der Waals surface area contributed by atoms with Gasteiger partial charge in [0.25, 0.3) is 0 Å². The van der Waals surface area contributed by atoms with E-state index in [1.807, 2.05) is 51.1 Å². The van der Waals surface area contributed by atoms with Gasteiger partial charge in [0.1, 0.15) is 5.60 Å². The van der Waals surface area contributed by atoms with Crippen molar-refractivity contribution < 1.29 is 14.6 Å². The Bertz CT molecular complexity index is 419. The van der Waals surface area contributed by atoms with Crippen LogP contribution in [0.15, 0.2) is 30.3 Å². The molecule has 1 aromatic rings. The fourth-order valence-corrected chi connectivity index (χ4v) is 2.46. The Hall–Kier alpha value is -1.35. The molecule has 3 heteroatoms. The molecule has 106 valence electrons. The highest BCUT2D eigenvalue weighted by Gasteiger charge is 2.49. The van der Waals surface area contributed by atoms with Crippen LogP contribution in [0.4, 0.5) is 0 Å². The lowest BCUT2D eigenvalue weighted by atomic mass is 9.65. The summed E-state index contributed by atoms with van der Waals surface area (Å²) in [5.74, 6) is -1.00. The number of hydrogen-bond donors (Lipinski definition) is 1. The molecule has 0 radical (unpaired) electrons. The summed E-state index contributed by atoms with van der Waals surface area (Å²) in [7, 11) is 0. The number of carbonyl (C=O) groups is 1. The Balaban J connectivity index is 3.26. The Kier molecular flexibility index (Phi) is 4.75. The normalized spacial score (nSPS) is 16.5. The van der Waals surface area contributed by atoms with Crippen molar-refractivity contribution in [3.8, 4) is 0 Å². The van der Waals surface area contributed by atoms with Crippen molar-refractivity contribution in [2.75, 3.05) is 6.61 Å². The third-order valence-electron chi connectivity index (χ3n) is 3.62. The van der Waals surface area contributed by atoms with Crippen LogP contribution < -0.4 is 0 Å². The van der Waals surface area contributed by atoms with Gasteiger partial charge in [0, 0.05) is 0 Å². The zero-order valence-corrected chi connectivity index (χ0v) is 12.4. The van der Waals surface area contributed by atoms with Gasteiger partial charge in [-0.25, -0.2) is 0 Å². The second kappa shape index (κ2) is 5.74. The maximum absolute atomic E-state index is 12.0. The molecule has 19 heavy (non-hydrogen) atoms. The Morgan fingerprint density at radius 2 is 1.79 bits per heavy atom. The molecule has 1 rings (SSSR count). The van der Waals surface area contributed by atoms with Crippen molar-refractivity contribution in [2.45, 2.75) is 40.2 Å². The van der Waals surface area contributed by atoms with Gasteiger partial charge < -0.3 is 9.84 Å². The number of rotatable bonds is 4. The molecule has 0 amide bonds. The van der Waals surface area contributed by atoms with E-state index in [2.05, 4.69) is 0 Å². The summed E-state index contributed by atoms with van der Waals surface area (Å²) in [5.41, 5.74) is -1.01. The molecule has 1 aromatic carbocycles. The third-order valence-corrected chi connectivity index (χ3v) is 3.62. The van der Waals surface area contributed by atoms with Gasteiger partial charge >= 0.3 is 5.97 Å². The van der Waals surface area contributed by atoms with Crippen molar-refractivity contribution >= 4 is 5.97 Å². The van der Waals surface area contributed by atoms with Crippen LogP contribution in [0, 0.1) is 11.3 Å². The molecule has 0 unspecified atom stereocenters. The maximum atomic E-state index is 12.0. The van der Waals surface area contributed by atoms with Gasteiger partial charge in [0.05, 0.1) is 12.5 Å². The molecule has 0 saturated carbocycles. The molecule has 0 aliphatic carbocycles. The molecule has 0 heterocycles. The molecule has 0 aromatic heterocycles. The maximum Gasteiger partial charge on any atom is 0.311 e. The fraction of sp³-hybridized carbons (Fsp3) is 0.562. The lowest BCUT2D eigenvalue weighted by Crippen LogP contribution is -2.48.